The highest BCUT2D eigenvalue weighted by molar-refractivity contribution is 7.99. The van der Waals surface area contributed by atoms with E-state index in [9.17, 15) is 5.11 Å². The van der Waals surface area contributed by atoms with Gasteiger partial charge in [0.25, 0.3) is 0 Å². The maximum absolute atomic E-state index is 9.76. The second kappa shape index (κ2) is 8.38. The molecule has 0 radical (unpaired) electrons. The van der Waals surface area contributed by atoms with E-state index in [4.69, 9.17) is 21.1 Å². The van der Waals surface area contributed by atoms with Gasteiger partial charge in [0, 0.05) is 10.3 Å². The maximum atomic E-state index is 9.76. The molecule has 124 valence electrons. The van der Waals surface area contributed by atoms with Crippen LogP contribution in [0.4, 0.5) is 0 Å². The third kappa shape index (κ3) is 4.73. The molecule has 0 spiro atoms. The lowest BCUT2D eigenvalue weighted by molar-refractivity contribution is 0.284. The zero-order valence-corrected chi connectivity index (χ0v) is 14.8. The Labute approximate surface area is 145 Å². The predicted molar refractivity (Wildman–Crippen MR) is 91.7 cm³/mol. The molecular weight excluding hydrogens is 336 g/mol. The predicted octanol–water partition coefficient (Wildman–Crippen LogP) is 3.40. The summed E-state index contributed by atoms with van der Waals surface area (Å²) in [5.41, 5.74) is 1.09. The van der Waals surface area contributed by atoms with Crippen molar-refractivity contribution in [1.29, 1.82) is 0 Å². The largest absolute Gasteiger partial charge is 0.481 e. The number of nitrogens with zero attached hydrogens (tertiary/aromatic N) is 2. The Morgan fingerprint density at radius 3 is 2.17 bits per heavy atom. The molecule has 1 heterocycles. The van der Waals surface area contributed by atoms with Gasteiger partial charge in [0.15, 0.2) is 5.16 Å². The number of hydrogen-bond donors (Lipinski definition) is 1. The first kappa shape index (κ1) is 17.8. The fourth-order valence-electron chi connectivity index (χ4n) is 2.06. The third-order valence-electron chi connectivity index (χ3n) is 3.47. The first-order valence-electron chi connectivity index (χ1n) is 7.07. The molecule has 2 unspecified atom stereocenters. The van der Waals surface area contributed by atoms with Crippen molar-refractivity contribution in [2.24, 2.45) is 0 Å². The Balaban J connectivity index is 2.19. The van der Waals surface area contributed by atoms with E-state index in [1.165, 1.54) is 26.0 Å². The molecule has 0 saturated carbocycles. The smallest absolute Gasteiger partial charge is 0.220 e. The van der Waals surface area contributed by atoms with Crippen molar-refractivity contribution < 1.29 is 14.6 Å². The number of aliphatic hydroxyl groups excluding tert-OH is 1. The molecule has 1 aromatic heterocycles. The fourth-order valence-corrected chi connectivity index (χ4v) is 3.18. The number of thioether (sulfide) groups is 1. The van der Waals surface area contributed by atoms with Gasteiger partial charge in [-0.2, -0.15) is 9.97 Å². The summed E-state index contributed by atoms with van der Waals surface area (Å²) in [4.78, 5) is 8.59. The molecule has 2 atom stereocenters. The van der Waals surface area contributed by atoms with Crippen LogP contribution in [-0.2, 0) is 0 Å². The van der Waals surface area contributed by atoms with E-state index < -0.39 is 0 Å². The highest BCUT2D eigenvalue weighted by Gasteiger charge is 2.21. The van der Waals surface area contributed by atoms with Crippen LogP contribution in [0.3, 0.4) is 0 Å². The summed E-state index contributed by atoms with van der Waals surface area (Å²) in [7, 11) is 3.08. The van der Waals surface area contributed by atoms with Gasteiger partial charge >= 0.3 is 0 Å². The van der Waals surface area contributed by atoms with Gasteiger partial charge in [-0.1, -0.05) is 42.4 Å². The summed E-state index contributed by atoms with van der Waals surface area (Å²) >= 11 is 7.31. The van der Waals surface area contributed by atoms with Crippen molar-refractivity contribution in [3.63, 3.8) is 0 Å². The van der Waals surface area contributed by atoms with Crippen LogP contribution in [0.1, 0.15) is 18.4 Å². The summed E-state index contributed by atoms with van der Waals surface area (Å²) in [6.45, 7) is 2.05. The molecule has 0 amide bonds. The van der Waals surface area contributed by atoms with Crippen LogP contribution < -0.4 is 9.47 Å². The zero-order valence-electron chi connectivity index (χ0n) is 13.2. The lowest BCUT2D eigenvalue weighted by atomic mass is 9.98. The Hall–Kier alpha value is -1.50. The topological polar surface area (TPSA) is 64.5 Å². The number of ether oxygens (including phenoxy) is 2. The molecule has 0 fully saturated rings. The first-order valence-corrected chi connectivity index (χ1v) is 8.33. The van der Waals surface area contributed by atoms with Crippen LogP contribution in [0.25, 0.3) is 0 Å². The second-order valence-corrected chi connectivity index (χ2v) is 6.56. The number of aliphatic hydroxyl groups is 1. The van der Waals surface area contributed by atoms with Crippen molar-refractivity contribution in [2.45, 2.75) is 23.2 Å². The van der Waals surface area contributed by atoms with Gasteiger partial charge in [0.2, 0.25) is 11.8 Å². The Morgan fingerprint density at radius 2 is 1.70 bits per heavy atom. The Bertz CT molecular complexity index is 617. The van der Waals surface area contributed by atoms with Crippen LogP contribution in [0.15, 0.2) is 35.5 Å². The van der Waals surface area contributed by atoms with Gasteiger partial charge in [-0.25, -0.2) is 0 Å². The van der Waals surface area contributed by atoms with E-state index >= 15 is 0 Å². The van der Waals surface area contributed by atoms with E-state index in [0.29, 0.717) is 21.9 Å². The molecule has 1 N–H and O–H groups in total. The van der Waals surface area contributed by atoms with Gasteiger partial charge in [-0.15, -0.1) is 0 Å². The molecule has 2 aromatic rings. The van der Waals surface area contributed by atoms with E-state index in [2.05, 4.69) is 16.9 Å². The normalized spacial score (nSPS) is 13.4. The van der Waals surface area contributed by atoms with E-state index in [0.717, 1.165) is 5.56 Å². The number of rotatable bonds is 7. The fraction of sp³-hybridized carbons (Fsp3) is 0.375. The van der Waals surface area contributed by atoms with Gasteiger partial charge in [0.05, 0.1) is 26.9 Å². The average molecular weight is 355 g/mol. The standard InChI is InChI=1S/C16H19ClN2O3S/c1-10(11-4-6-12(17)7-5-11)13(9-20)23-16-18-14(21-2)8-15(19-16)22-3/h4-8,10,13,20H,9H2,1-3H3. The van der Waals surface area contributed by atoms with Crippen molar-refractivity contribution >= 4 is 23.4 Å². The molecular formula is C16H19ClN2O3S. The lowest BCUT2D eigenvalue weighted by Gasteiger charge is -2.21. The van der Waals surface area contributed by atoms with Gasteiger partial charge in [0.1, 0.15) is 0 Å². The summed E-state index contributed by atoms with van der Waals surface area (Å²) in [5.74, 6) is 0.952. The van der Waals surface area contributed by atoms with Gasteiger partial charge in [-0.05, 0) is 23.6 Å². The number of methoxy groups -OCH3 is 2. The average Bonchev–Trinajstić information content (AvgIpc) is 2.59. The van der Waals surface area contributed by atoms with Crippen LogP contribution in [-0.4, -0.2) is 41.2 Å². The molecule has 0 bridgehead atoms. The molecule has 0 aliphatic carbocycles. The summed E-state index contributed by atoms with van der Waals surface area (Å²) in [6, 6.07) is 9.22. The number of halogens is 1. The Morgan fingerprint density at radius 1 is 1.13 bits per heavy atom. The molecule has 1 aromatic carbocycles. The van der Waals surface area contributed by atoms with Crippen molar-refractivity contribution in [2.75, 3.05) is 20.8 Å². The lowest BCUT2D eigenvalue weighted by Crippen LogP contribution is -2.17. The monoisotopic (exact) mass is 354 g/mol. The SMILES string of the molecule is COc1cc(OC)nc(SC(CO)C(C)c2ccc(Cl)cc2)n1. The Kier molecular flexibility index (Phi) is 6.50. The second-order valence-electron chi connectivity index (χ2n) is 4.91. The van der Waals surface area contributed by atoms with Crippen LogP contribution >= 0.6 is 23.4 Å². The highest BCUT2D eigenvalue weighted by Crippen LogP contribution is 2.33. The summed E-state index contributed by atoms with van der Waals surface area (Å²) in [6.07, 6.45) is 0. The van der Waals surface area contributed by atoms with Gasteiger partial charge in [-0.3, -0.25) is 0 Å². The minimum Gasteiger partial charge on any atom is -0.481 e. The van der Waals surface area contributed by atoms with E-state index in [1.54, 1.807) is 6.07 Å². The van der Waals surface area contributed by atoms with E-state index in [1.807, 2.05) is 24.3 Å². The first-order chi connectivity index (χ1) is 11.1. The number of benzene rings is 1. The third-order valence-corrected chi connectivity index (χ3v) is 4.97. The molecule has 7 heteroatoms. The minimum absolute atomic E-state index is 0.00263. The van der Waals surface area contributed by atoms with Crippen molar-refractivity contribution in [1.82, 2.24) is 9.97 Å². The quantitative estimate of drug-likeness (QED) is 0.607. The molecule has 0 aliphatic heterocycles. The van der Waals surface area contributed by atoms with Crippen LogP contribution in [0.2, 0.25) is 5.02 Å². The highest BCUT2D eigenvalue weighted by atomic mass is 35.5. The van der Waals surface area contributed by atoms with Gasteiger partial charge < -0.3 is 14.6 Å². The van der Waals surface area contributed by atoms with Crippen LogP contribution in [0.5, 0.6) is 11.8 Å². The molecule has 2 rings (SSSR count). The molecule has 0 aliphatic rings. The van der Waals surface area contributed by atoms with E-state index in [-0.39, 0.29) is 17.8 Å². The van der Waals surface area contributed by atoms with Crippen molar-refractivity contribution in [3.8, 4) is 11.8 Å². The molecule has 23 heavy (non-hydrogen) atoms. The number of aromatic nitrogens is 2. The van der Waals surface area contributed by atoms with Crippen LogP contribution in [0, 0.1) is 0 Å². The molecule has 0 saturated heterocycles. The minimum atomic E-state index is -0.104. The molecule has 5 nitrogen and oxygen atoms in total. The van der Waals surface area contributed by atoms with Crippen molar-refractivity contribution in [3.05, 3.63) is 40.9 Å². The maximum Gasteiger partial charge on any atom is 0.220 e. The number of hydrogen-bond acceptors (Lipinski definition) is 6. The summed E-state index contributed by atoms with van der Waals surface area (Å²) < 4.78 is 10.3. The summed E-state index contributed by atoms with van der Waals surface area (Å²) in [5, 5.41) is 10.8. The zero-order chi connectivity index (χ0) is 16.8.